The molecule has 0 spiro atoms. The summed E-state index contributed by atoms with van der Waals surface area (Å²) in [6.45, 7) is 7.83. The summed E-state index contributed by atoms with van der Waals surface area (Å²) in [6.07, 6.45) is 1.85. The summed E-state index contributed by atoms with van der Waals surface area (Å²) in [5.74, 6) is -0.348. The molecule has 0 fully saturated rings. The Hall–Kier alpha value is -2.52. The smallest absolute Gasteiger partial charge is 0.349 e. The summed E-state index contributed by atoms with van der Waals surface area (Å²) in [6, 6.07) is 11.7. The second-order valence-corrected chi connectivity index (χ2v) is 8.75. The number of aliphatic imine (C=N–C) groups is 1. The van der Waals surface area contributed by atoms with E-state index in [1.54, 1.807) is 6.92 Å². The monoisotopic (exact) mass is 564 g/mol. The Morgan fingerprint density at radius 2 is 1.69 bits per heavy atom. The number of carboxylic acid groups (broad SMARTS) is 1. The molecule has 1 aromatic heterocycles. The van der Waals surface area contributed by atoms with Crippen molar-refractivity contribution in [3.63, 3.8) is 0 Å². The van der Waals surface area contributed by atoms with E-state index in [-0.39, 0.29) is 11.4 Å². The summed E-state index contributed by atoms with van der Waals surface area (Å²) >= 11 is 6.94. The van der Waals surface area contributed by atoms with E-state index in [0.29, 0.717) is 12.4 Å². The highest BCUT2D eigenvalue weighted by Crippen LogP contribution is 2.20. The highest BCUT2D eigenvalue weighted by molar-refractivity contribution is 9.10. The first kappa shape index (κ1) is 25.7. The second-order valence-electron chi connectivity index (χ2n) is 7.04. The Morgan fingerprint density at radius 1 is 1.09 bits per heavy atom. The van der Waals surface area contributed by atoms with Crippen LogP contribution in [0.4, 0.5) is 0 Å². The topological polar surface area (TPSA) is 100 Å². The molecule has 32 heavy (non-hydrogen) atoms. The minimum atomic E-state index is -0.965. The second kappa shape index (κ2) is 11.9. The molecule has 0 saturated heterocycles. The largest absolute Gasteiger partial charge is 0.477 e. The zero-order valence-corrected chi connectivity index (χ0v) is 21.6. The summed E-state index contributed by atoms with van der Waals surface area (Å²) in [5, 5.41) is 12.8. The molecular formula is C23H26Br2N4O3. The van der Waals surface area contributed by atoms with E-state index in [1.807, 2.05) is 36.4 Å². The molecule has 2 aromatic carbocycles. The van der Waals surface area contributed by atoms with Crippen LogP contribution in [0.5, 0.6) is 0 Å². The fraction of sp³-hybridized carbons (Fsp3) is 0.304. The van der Waals surface area contributed by atoms with Gasteiger partial charge in [0.05, 0.1) is 12.2 Å². The Kier molecular flexibility index (Phi) is 9.59. The number of aromatic amines is 1. The van der Waals surface area contributed by atoms with Gasteiger partial charge in [0.15, 0.2) is 0 Å². The molecule has 2 N–H and O–H groups in total. The molecule has 0 aliphatic heterocycles. The van der Waals surface area contributed by atoms with E-state index < -0.39 is 5.97 Å². The molecule has 3 aromatic rings. The highest BCUT2D eigenvalue weighted by Gasteiger charge is 2.06. The summed E-state index contributed by atoms with van der Waals surface area (Å²) in [7, 11) is 0. The van der Waals surface area contributed by atoms with E-state index in [4.69, 9.17) is 5.11 Å². The zero-order valence-electron chi connectivity index (χ0n) is 18.4. The molecular weight excluding hydrogens is 540 g/mol. The van der Waals surface area contributed by atoms with Gasteiger partial charge >= 0.3 is 11.7 Å². The lowest BCUT2D eigenvalue weighted by Gasteiger charge is -2.04. The summed E-state index contributed by atoms with van der Waals surface area (Å²) < 4.78 is 3.51. The lowest BCUT2D eigenvalue weighted by molar-refractivity contribution is -0.129. The first-order valence-electron chi connectivity index (χ1n) is 10.1. The number of rotatable bonds is 6. The van der Waals surface area contributed by atoms with Crippen LogP contribution in [0.25, 0.3) is 5.69 Å². The number of hydrogen-bond acceptors (Lipinski definition) is 4. The summed E-state index contributed by atoms with van der Waals surface area (Å²) in [5.41, 5.74) is 4.11. The van der Waals surface area contributed by atoms with Gasteiger partial charge in [-0.1, -0.05) is 57.8 Å². The van der Waals surface area contributed by atoms with Crippen molar-refractivity contribution < 1.29 is 9.90 Å². The van der Waals surface area contributed by atoms with Gasteiger partial charge in [-0.3, -0.25) is 9.98 Å². The van der Waals surface area contributed by atoms with Crippen LogP contribution >= 0.6 is 31.9 Å². The minimum absolute atomic E-state index is 0.140. The SMILES string of the molecule is CCc1cc(-n2nc(C)[nH]c2=O)ccc1Br.CCc1cc(CN=C(C)C(=O)O)ccc1Br. The van der Waals surface area contributed by atoms with Crippen LogP contribution in [-0.4, -0.2) is 31.6 Å². The van der Waals surface area contributed by atoms with Crippen molar-refractivity contribution in [1.82, 2.24) is 14.8 Å². The van der Waals surface area contributed by atoms with E-state index in [2.05, 4.69) is 60.8 Å². The van der Waals surface area contributed by atoms with Crippen LogP contribution in [0.2, 0.25) is 0 Å². The standard InChI is InChI=1S/C12H14BrNO2.C11H12BrN3O/c1-3-10-6-9(4-5-11(10)13)7-14-8(2)12(15)16;1-3-8-6-9(4-5-10(8)12)15-11(16)13-7(2)14-15/h4-6H,3,7H2,1-2H3,(H,15,16);4-6H,3H2,1-2H3,(H,13,14,16). The van der Waals surface area contributed by atoms with Crippen molar-refractivity contribution in [3.8, 4) is 5.69 Å². The average molecular weight is 566 g/mol. The number of nitrogens with one attached hydrogen (secondary N) is 1. The molecule has 0 radical (unpaired) electrons. The number of H-pyrrole nitrogens is 1. The Bertz CT molecular complexity index is 1180. The molecule has 1 heterocycles. The van der Waals surface area contributed by atoms with E-state index in [0.717, 1.165) is 38.6 Å². The van der Waals surface area contributed by atoms with Gasteiger partial charge in [-0.25, -0.2) is 9.59 Å². The number of aromatic nitrogens is 3. The van der Waals surface area contributed by atoms with Crippen molar-refractivity contribution in [2.75, 3.05) is 0 Å². The van der Waals surface area contributed by atoms with Crippen LogP contribution in [0.1, 0.15) is 43.3 Å². The van der Waals surface area contributed by atoms with Gasteiger partial charge in [-0.2, -0.15) is 9.78 Å². The predicted octanol–water partition coefficient (Wildman–Crippen LogP) is 5.25. The van der Waals surface area contributed by atoms with Crippen molar-refractivity contribution in [3.05, 3.63) is 78.3 Å². The maximum atomic E-state index is 11.6. The zero-order chi connectivity index (χ0) is 23.8. The summed E-state index contributed by atoms with van der Waals surface area (Å²) in [4.78, 5) is 28.8. The van der Waals surface area contributed by atoms with Crippen molar-refractivity contribution in [2.45, 2.75) is 47.1 Å². The third-order valence-corrected chi connectivity index (χ3v) is 6.23. The van der Waals surface area contributed by atoms with Gasteiger partial charge in [-0.15, -0.1) is 0 Å². The van der Waals surface area contributed by atoms with Gasteiger partial charge in [0, 0.05) is 8.95 Å². The fourth-order valence-corrected chi connectivity index (χ4v) is 3.90. The van der Waals surface area contributed by atoms with Crippen LogP contribution in [-0.2, 0) is 24.2 Å². The van der Waals surface area contributed by atoms with Crippen LogP contribution < -0.4 is 5.69 Å². The molecule has 0 saturated carbocycles. The number of halogens is 2. The molecule has 3 rings (SSSR count). The third kappa shape index (κ3) is 7.00. The average Bonchev–Trinajstić information content (AvgIpc) is 3.11. The number of carbonyl (C=O) groups is 1. The number of hydrogen-bond donors (Lipinski definition) is 2. The van der Waals surface area contributed by atoms with Gasteiger partial charge in [0.1, 0.15) is 11.5 Å². The predicted molar refractivity (Wildman–Crippen MR) is 134 cm³/mol. The van der Waals surface area contributed by atoms with Crippen molar-refractivity contribution >= 4 is 43.5 Å². The molecule has 0 aliphatic carbocycles. The molecule has 170 valence electrons. The first-order valence-corrected chi connectivity index (χ1v) is 11.7. The molecule has 0 aliphatic rings. The van der Waals surface area contributed by atoms with E-state index in [1.165, 1.54) is 17.2 Å². The lowest BCUT2D eigenvalue weighted by Crippen LogP contribution is -2.16. The van der Waals surface area contributed by atoms with Gasteiger partial charge in [-0.05, 0) is 67.6 Å². The fourth-order valence-electron chi connectivity index (χ4n) is 2.84. The number of nitrogens with zero attached hydrogens (tertiary/aromatic N) is 3. The third-order valence-electron chi connectivity index (χ3n) is 4.68. The highest BCUT2D eigenvalue weighted by atomic mass is 79.9. The number of carboxylic acids is 1. The Morgan fingerprint density at radius 3 is 2.22 bits per heavy atom. The first-order chi connectivity index (χ1) is 15.2. The molecule has 7 nitrogen and oxygen atoms in total. The van der Waals surface area contributed by atoms with Crippen molar-refractivity contribution in [2.24, 2.45) is 4.99 Å². The maximum Gasteiger partial charge on any atom is 0.349 e. The maximum absolute atomic E-state index is 11.6. The Balaban J connectivity index is 0.000000227. The quantitative estimate of drug-likeness (QED) is 0.398. The Labute approximate surface area is 203 Å². The minimum Gasteiger partial charge on any atom is -0.477 e. The van der Waals surface area contributed by atoms with Gasteiger partial charge < -0.3 is 5.11 Å². The van der Waals surface area contributed by atoms with Gasteiger partial charge in [0.2, 0.25) is 0 Å². The molecule has 0 atom stereocenters. The van der Waals surface area contributed by atoms with Crippen LogP contribution in [0.3, 0.4) is 0 Å². The van der Waals surface area contributed by atoms with Crippen LogP contribution in [0, 0.1) is 6.92 Å². The van der Waals surface area contributed by atoms with Gasteiger partial charge in [0.25, 0.3) is 0 Å². The molecule has 0 unspecified atom stereocenters. The van der Waals surface area contributed by atoms with E-state index >= 15 is 0 Å². The number of benzene rings is 2. The van der Waals surface area contributed by atoms with Crippen molar-refractivity contribution in [1.29, 1.82) is 0 Å². The molecule has 0 bridgehead atoms. The number of aliphatic carboxylic acids is 1. The van der Waals surface area contributed by atoms with E-state index in [9.17, 15) is 9.59 Å². The van der Waals surface area contributed by atoms with Crippen LogP contribution in [0.15, 0.2) is 55.1 Å². The lowest BCUT2D eigenvalue weighted by atomic mass is 10.1. The normalized spacial score (nSPS) is 11.1. The molecule has 9 heteroatoms. The molecule has 0 amide bonds. The number of aryl methyl sites for hydroxylation is 3.